The molecule has 4 amide bonds. The molecule has 0 bridgehead atoms. The molecule has 11 nitrogen and oxygen atoms in total. The lowest BCUT2D eigenvalue weighted by Gasteiger charge is -2.34. The number of halogens is 1. The molecule has 200 valence electrons. The highest BCUT2D eigenvalue weighted by Crippen LogP contribution is 2.27. The zero-order valence-electron chi connectivity index (χ0n) is 21.5. The smallest absolute Gasteiger partial charge is 0.270 e. The summed E-state index contributed by atoms with van der Waals surface area (Å²) in [5, 5.41) is 9.69. The van der Waals surface area contributed by atoms with Crippen LogP contribution in [0.25, 0.3) is 5.78 Å². The second kappa shape index (κ2) is 11.4. The van der Waals surface area contributed by atoms with Crippen LogP contribution in [0.1, 0.15) is 71.6 Å². The number of nitrogens with zero attached hydrogens (tertiary/aromatic N) is 5. The van der Waals surface area contributed by atoms with Crippen LogP contribution in [0.15, 0.2) is 30.6 Å². The second-order valence-corrected chi connectivity index (χ2v) is 9.56. The summed E-state index contributed by atoms with van der Waals surface area (Å²) >= 11 is 0. The number of carbonyl (C=O) groups excluding carboxylic acids is 4. The largest absolute Gasteiger partial charge is 0.350 e. The molecule has 1 aliphatic rings. The van der Waals surface area contributed by atoms with Gasteiger partial charge < -0.3 is 10.6 Å². The fraction of sp³-hybridized carbons (Fsp3) is 0.423. The predicted octanol–water partition coefficient (Wildman–Crippen LogP) is 2.19. The van der Waals surface area contributed by atoms with Crippen molar-refractivity contribution in [3.63, 3.8) is 0 Å². The molecule has 1 aliphatic carbocycles. The first-order chi connectivity index (χ1) is 18.1. The molecule has 0 atom stereocenters. The summed E-state index contributed by atoms with van der Waals surface area (Å²) in [6.07, 6.45) is 4.13. The van der Waals surface area contributed by atoms with E-state index in [1.54, 1.807) is 19.1 Å². The van der Waals surface area contributed by atoms with Crippen molar-refractivity contribution < 1.29 is 23.6 Å². The van der Waals surface area contributed by atoms with E-state index in [-0.39, 0.29) is 53.3 Å². The van der Waals surface area contributed by atoms with Gasteiger partial charge in [0.1, 0.15) is 23.5 Å². The SMILES string of the molecule is CC(=O)N(C(C)=O)[C@H]1CC[C@H](CNC(=O)c2cc(C(=O)NCc3ccc(F)c(C)c3)nc3ncnn23)CC1. The fourth-order valence-corrected chi connectivity index (χ4v) is 4.85. The van der Waals surface area contributed by atoms with E-state index in [1.807, 2.05) is 0 Å². The van der Waals surface area contributed by atoms with E-state index >= 15 is 0 Å². The van der Waals surface area contributed by atoms with Crippen molar-refractivity contribution in [1.82, 2.24) is 35.1 Å². The Kier molecular flexibility index (Phi) is 8.08. The van der Waals surface area contributed by atoms with Gasteiger partial charge in [-0.25, -0.2) is 9.37 Å². The molecule has 1 aromatic carbocycles. The lowest BCUT2D eigenvalue weighted by molar-refractivity contribution is -0.145. The van der Waals surface area contributed by atoms with Crippen LogP contribution >= 0.6 is 0 Å². The summed E-state index contributed by atoms with van der Waals surface area (Å²) in [6.45, 7) is 4.99. The van der Waals surface area contributed by atoms with Crippen LogP contribution in [0.2, 0.25) is 0 Å². The Morgan fingerprint density at radius 1 is 1.03 bits per heavy atom. The number of hydrogen-bond donors (Lipinski definition) is 2. The minimum atomic E-state index is -0.509. The number of benzene rings is 1. The summed E-state index contributed by atoms with van der Waals surface area (Å²) in [5.41, 5.74) is 1.32. The zero-order chi connectivity index (χ0) is 27.4. The molecule has 2 heterocycles. The molecule has 1 saturated carbocycles. The molecular formula is C26H30FN7O4. The summed E-state index contributed by atoms with van der Waals surface area (Å²) in [7, 11) is 0. The first kappa shape index (κ1) is 26.8. The van der Waals surface area contributed by atoms with Gasteiger partial charge in [0.05, 0.1) is 0 Å². The molecule has 12 heteroatoms. The van der Waals surface area contributed by atoms with Gasteiger partial charge in [0, 0.05) is 39.0 Å². The van der Waals surface area contributed by atoms with Gasteiger partial charge in [0.2, 0.25) is 11.8 Å². The summed E-state index contributed by atoms with van der Waals surface area (Å²) < 4.78 is 14.8. The van der Waals surface area contributed by atoms with Crippen LogP contribution in [0.5, 0.6) is 0 Å². The van der Waals surface area contributed by atoms with E-state index in [0.29, 0.717) is 24.9 Å². The Labute approximate surface area is 218 Å². The van der Waals surface area contributed by atoms with E-state index in [1.165, 1.54) is 41.7 Å². The number of carbonyl (C=O) groups is 4. The Hall–Kier alpha value is -4.22. The maximum Gasteiger partial charge on any atom is 0.270 e. The lowest BCUT2D eigenvalue weighted by Crippen LogP contribution is -2.45. The van der Waals surface area contributed by atoms with Gasteiger partial charge in [-0.2, -0.15) is 14.6 Å². The molecule has 3 aromatic rings. The summed E-state index contributed by atoms with van der Waals surface area (Å²) in [4.78, 5) is 59.1. The van der Waals surface area contributed by atoms with Crippen LogP contribution in [0.4, 0.5) is 4.39 Å². The van der Waals surface area contributed by atoms with Gasteiger partial charge in [-0.1, -0.05) is 12.1 Å². The highest BCUT2D eigenvalue weighted by atomic mass is 19.1. The average molecular weight is 524 g/mol. The van der Waals surface area contributed by atoms with Gasteiger partial charge in [-0.3, -0.25) is 24.1 Å². The number of fused-ring (bicyclic) bond motifs is 1. The number of hydrogen-bond acceptors (Lipinski definition) is 7. The molecule has 1 fully saturated rings. The monoisotopic (exact) mass is 523 g/mol. The number of aryl methyl sites for hydroxylation is 1. The van der Waals surface area contributed by atoms with Crippen molar-refractivity contribution in [2.75, 3.05) is 6.54 Å². The van der Waals surface area contributed by atoms with Crippen molar-refractivity contribution in [2.45, 2.75) is 59.0 Å². The molecule has 0 radical (unpaired) electrons. The molecule has 2 N–H and O–H groups in total. The van der Waals surface area contributed by atoms with Gasteiger partial charge in [-0.15, -0.1) is 0 Å². The fourth-order valence-electron chi connectivity index (χ4n) is 4.85. The Morgan fingerprint density at radius 3 is 2.39 bits per heavy atom. The lowest BCUT2D eigenvalue weighted by atomic mass is 9.85. The highest BCUT2D eigenvalue weighted by molar-refractivity contribution is 5.98. The van der Waals surface area contributed by atoms with E-state index in [9.17, 15) is 23.6 Å². The first-order valence-corrected chi connectivity index (χ1v) is 12.5. The molecule has 0 saturated heterocycles. The van der Waals surface area contributed by atoms with Crippen LogP contribution in [0, 0.1) is 18.7 Å². The highest BCUT2D eigenvalue weighted by Gasteiger charge is 2.30. The maximum absolute atomic E-state index is 13.5. The molecule has 2 aromatic heterocycles. The molecule has 0 aliphatic heterocycles. The van der Waals surface area contributed by atoms with Crippen LogP contribution in [-0.4, -0.2) is 60.7 Å². The van der Waals surface area contributed by atoms with Gasteiger partial charge in [-0.05, 0) is 55.7 Å². The third kappa shape index (κ3) is 6.01. The predicted molar refractivity (Wildman–Crippen MR) is 134 cm³/mol. The first-order valence-electron chi connectivity index (χ1n) is 12.5. The van der Waals surface area contributed by atoms with E-state index < -0.39 is 11.8 Å². The van der Waals surface area contributed by atoms with E-state index in [4.69, 9.17) is 0 Å². The topological polar surface area (TPSA) is 139 Å². The van der Waals surface area contributed by atoms with Crippen molar-refractivity contribution in [2.24, 2.45) is 5.92 Å². The van der Waals surface area contributed by atoms with Gasteiger partial charge >= 0.3 is 0 Å². The standard InChI is InChI=1S/C26H30FN7O4/c1-15-10-19(6-9-21(15)27)13-28-24(37)22-11-23(34-26(32-22)30-14-31-34)25(38)29-12-18-4-7-20(8-5-18)33(16(2)35)17(3)36/h6,9-11,14,18,20H,4-5,7-8,12-13H2,1-3H3,(H,28,37)(H,29,38)/t18-,20-. The number of rotatable bonds is 7. The van der Waals surface area contributed by atoms with Gasteiger partial charge in [0.15, 0.2) is 0 Å². The Balaban J connectivity index is 1.39. The Morgan fingerprint density at radius 2 is 1.74 bits per heavy atom. The number of aromatic nitrogens is 4. The second-order valence-electron chi connectivity index (χ2n) is 9.56. The third-order valence-corrected chi connectivity index (χ3v) is 6.80. The summed E-state index contributed by atoms with van der Waals surface area (Å²) in [6, 6.07) is 5.81. The number of nitrogens with one attached hydrogen (secondary N) is 2. The number of imide groups is 1. The van der Waals surface area contributed by atoms with Crippen molar-refractivity contribution in [3.05, 3.63) is 58.9 Å². The average Bonchev–Trinajstić information content (AvgIpc) is 3.36. The quantitative estimate of drug-likeness (QED) is 0.484. The van der Waals surface area contributed by atoms with Crippen molar-refractivity contribution >= 4 is 29.4 Å². The summed E-state index contributed by atoms with van der Waals surface area (Å²) in [5.74, 6) is -1.47. The zero-order valence-corrected chi connectivity index (χ0v) is 21.5. The van der Waals surface area contributed by atoms with Gasteiger partial charge in [0.25, 0.3) is 17.6 Å². The van der Waals surface area contributed by atoms with Crippen LogP contribution < -0.4 is 10.6 Å². The van der Waals surface area contributed by atoms with E-state index in [0.717, 1.165) is 18.4 Å². The van der Waals surface area contributed by atoms with Crippen molar-refractivity contribution in [3.8, 4) is 0 Å². The minimum absolute atomic E-state index is 0.00329. The van der Waals surface area contributed by atoms with Crippen LogP contribution in [-0.2, 0) is 16.1 Å². The minimum Gasteiger partial charge on any atom is -0.350 e. The van der Waals surface area contributed by atoms with Crippen molar-refractivity contribution in [1.29, 1.82) is 0 Å². The number of amides is 4. The third-order valence-electron chi connectivity index (χ3n) is 6.80. The molecular weight excluding hydrogens is 493 g/mol. The molecule has 38 heavy (non-hydrogen) atoms. The normalized spacial score (nSPS) is 17.2. The molecule has 0 unspecified atom stereocenters. The molecule has 0 spiro atoms. The maximum atomic E-state index is 13.5. The van der Waals surface area contributed by atoms with Crippen LogP contribution in [0.3, 0.4) is 0 Å². The Bertz CT molecular complexity index is 1370. The van der Waals surface area contributed by atoms with E-state index in [2.05, 4.69) is 25.7 Å². The molecule has 4 rings (SSSR count).